The fourth-order valence-corrected chi connectivity index (χ4v) is 6.12. The summed E-state index contributed by atoms with van der Waals surface area (Å²) in [6, 6.07) is 9.50. The maximum atomic E-state index is 13.5. The predicted molar refractivity (Wildman–Crippen MR) is 123 cm³/mol. The number of fused-ring (bicyclic) bond motifs is 2. The standard InChI is InChI=1S/C25H30FN5O/c1-24-7-8-25(2,16-24)13-19(12-24)31(10-9-26)23-6-5-21(29-30-23)20-4-3-17(11-22(20)32)18-14-27-28-15-18/h3-6,11,14-15,19,32H,7-10,12-13,16H2,1-2H3,(H,27,28)/t19-,24-,25+. The van der Waals surface area contributed by atoms with Crippen molar-refractivity contribution in [3.8, 4) is 28.1 Å². The Morgan fingerprint density at radius 1 is 1.09 bits per heavy atom. The molecule has 168 valence electrons. The summed E-state index contributed by atoms with van der Waals surface area (Å²) in [7, 11) is 0. The first-order chi connectivity index (χ1) is 15.4. The number of nitrogens with one attached hydrogen (secondary N) is 1. The first kappa shape index (κ1) is 20.9. The van der Waals surface area contributed by atoms with Gasteiger partial charge in [-0.1, -0.05) is 19.9 Å². The molecule has 2 aliphatic rings. The monoisotopic (exact) mass is 435 g/mol. The number of halogens is 1. The van der Waals surface area contributed by atoms with Crippen LogP contribution in [0.3, 0.4) is 0 Å². The van der Waals surface area contributed by atoms with Gasteiger partial charge >= 0.3 is 0 Å². The van der Waals surface area contributed by atoms with Gasteiger partial charge in [0.2, 0.25) is 0 Å². The average molecular weight is 436 g/mol. The molecule has 3 aromatic rings. The van der Waals surface area contributed by atoms with E-state index in [1.807, 2.05) is 24.3 Å². The first-order valence-electron chi connectivity index (χ1n) is 11.4. The van der Waals surface area contributed by atoms with Gasteiger partial charge in [0.15, 0.2) is 5.82 Å². The number of hydrogen-bond donors (Lipinski definition) is 2. The van der Waals surface area contributed by atoms with E-state index < -0.39 is 6.67 Å². The van der Waals surface area contributed by atoms with Gasteiger partial charge < -0.3 is 10.0 Å². The second kappa shape index (κ2) is 7.87. The Hall–Kier alpha value is -2.96. The summed E-state index contributed by atoms with van der Waals surface area (Å²) >= 11 is 0. The zero-order valence-corrected chi connectivity index (χ0v) is 18.7. The fraction of sp³-hybridized carbons (Fsp3) is 0.480. The molecular formula is C25H30FN5O. The fourth-order valence-electron chi connectivity index (χ4n) is 6.12. The molecule has 2 fully saturated rings. The summed E-state index contributed by atoms with van der Waals surface area (Å²) < 4.78 is 13.5. The summed E-state index contributed by atoms with van der Waals surface area (Å²) in [6.07, 6.45) is 9.40. The minimum Gasteiger partial charge on any atom is -0.507 e. The molecule has 2 aromatic heterocycles. The normalized spacial score (nSPS) is 26.9. The van der Waals surface area contributed by atoms with Gasteiger partial charge in [-0.25, -0.2) is 4.39 Å². The minimum absolute atomic E-state index is 0.135. The molecule has 32 heavy (non-hydrogen) atoms. The molecule has 0 saturated heterocycles. The SMILES string of the molecule is C[C@]12CC[C@](C)(C[C@@H](N(CCF)c3ccc(-c4ccc(-c5cn[nH]c5)cc4O)nn3)C1)C2. The van der Waals surface area contributed by atoms with Crippen molar-refractivity contribution in [1.82, 2.24) is 20.4 Å². The van der Waals surface area contributed by atoms with Crippen LogP contribution >= 0.6 is 0 Å². The van der Waals surface area contributed by atoms with Crippen molar-refractivity contribution in [2.75, 3.05) is 18.1 Å². The predicted octanol–water partition coefficient (Wildman–Crippen LogP) is 5.37. The van der Waals surface area contributed by atoms with E-state index in [2.05, 4.69) is 39.1 Å². The topological polar surface area (TPSA) is 77.9 Å². The third kappa shape index (κ3) is 3.85. The molecule has 0 aliphatic heterocycles. The van der Waals surface area contributed by atoms with E-state index in [9.17, 15) is 9.50 Å². The number of aromatic amines is 1. The molecule has 0 amide bonds. The second-order valence-corrected chi connectivity index (χ2v) is 10.2. The van der Waals surface area contributed by atoms with Crippen molar-refractivity contribution in [3.05, 3.63) is 42.7 Å². The van der Waals surface area contributed by atoms with Crippen LogP contribution in [0.5, 0.6) is 5.75 Å². The third-order valence-electron chi connectivity index (χ3n) is 7.46. The van der Waals surface area contributed by atoms with E-state index in [-0.39, 0.29) is 11.8 Å². The quantitative estimate of drug-likeness (QED) is 0.544. The van der Waals surface area contributed by atoms with Crippen molar-refractivity contribution in [2.45, 2.75) is 52.0 Å². The van der Waals surface area contributed by atoms with Crippen molar-refractivity contribution in [2.24, 2.45) is 10.8 Å². The van der Waals surface area contributed by atoms with Crippen LogP contribution in [0.15, 0.2) is 42.7 Å². The molecular weight excluding hydrogens is 405 g/mol. The van der Waals surface area contributed by atoms with Crippen LogP contribution in [-0.4, -0.2) is 44.8 Å². The van der Waals surface area contributed by atoms with Crippen LogP contribution in [-0.2, 0) is 0 Å². The molecule has 0 radical (unpaired) electrons. The summed E-state index contributed by atoms with van der Waals surface area (Å²) in [4.78, 5) is 2.11. The van der Waals surface area contributed by atoms with E-state index in [0.717, 1.165) is 24.0 Å². The number of phenols is 1. The number of anilines is 1. The van der Waals surface area contributed by atoms with Gasteiger partial charge in [-0.15, -0.1) is 10.2 Å². The number of H-pyrrole nitrogens is 1. The van der Waals surface area contributed by atoms with Crippen LogP contribution in [0.2, 0.25) is 0 Å². The number of hydrogen-bond acceptors (Lipinski definition) is 5. The van der Waals surface area contributed by atoms with Crippen LogP contribution in [0.1, 0.15) is 46.0 Å². The number of phenolic OH excluding ortho intramolecular Hbond substituents is 1. The molecule has 3 atom stereocenters. The van der Waals surface area contributed by atoms with Crippen molar-refractivity contribution >= 4 is 5.82 Å². The number of nitrogens with zero attached hydrogens (tertiary/aromatic N) is 4. The van der Waals surface area contributed by atoms with Crippen molar-refractivity contribution in [1.29, 1.82) is 0 Å². The molecule has 6 nitrogen and oxygen atoms in total. The summed E-state index contributed by atoms with van der Waals surface area (Å²) in [5.74, 6) is 0.843. The number of aromatic nitrogens is 4. The second-order valence-electron chi connectivity index (χ2n) is 10.2. The number of rotatable bonds is 6. The number of alkyl halides is 1. The highest BCUT2D eigenvalue weighted by molar-refractivity contribution is 5.73. The lowest BCUT2D eigenvalue weighted by atomic mass is 9.68. The van der Waals surface area contributed by atoms with Gasteiger partial charge in [-0.2, -0.15) is 5.10 Å². The van der Waals surface area contributed by atoms with Gasteiger partial charge in [0, 0.05) is 29.9 Å². The molecule has 0 unspecified atom stereocenters. The Morgan fingerprint density at radius 2 is 1.88 bits per heavy atom. The molecule has 2 bridgehead atoms. The summed E-state index contributed by atoms with van der Waals surface area (Å²) in [6.45, 7) is 4.67. The minimum atomic E-state index is -0.413. The van der Waals surface area contributed by atoms with Gasteiger partial charge in [-0.05, 0) is 72.8 Å². The maximum absolute atomic E-state index is 13.5. The highest BCUT2D eigenvalue weighted by Gasteiger charge is 2.50. The van der Waals surface area contributed by atoms with Crippen LogP contribution in [0.25, 0.3) is 22.4 Å². The van der Waals surface area contributed by atoms with Gasteiger partial charge in [0.25, 0.3) is 0 Å². The molecule has 2 N–H and O–H groups in total. The highest BCUT2D eigenvalue weighted by Crippen LogP contribution is 2.59. The molecule has 2 heterocycles. The smallest absolute Gasteiger partial charge is 0.151 e. The van der Waals surface area contributed by atoms with Crippen LogP contribution < -0.4 is 4.90 Å². The van der Waals surface area contributed by atoms with Crippen LogP contribution in [0, 0.1) is 10.8 Å². The highest BCUT2D eigenvalue weighted by atomic mass is 19.1. The molecule has 0 spiro atoms. The zero-order chi connectivity index (χ0) is 22.3. The largest absolute Gasteiger partial charge is 0.507 e. The Balaban J connectivity index is 1.39. The van der Waals surface area contributed by atoms with E-state index >= 15 is 0 Å². The van der Waals surface area contributed by atoms with Gasteiger partial charge in [0.05, 0.1) is 11.9 Å². The Labute approximate surface area is 187 Å². The average Bonchev–Trinajstić information content (AvgIpc) is 3.38. The molecule has 1 aromatic carbocycles. The number of benzene rings is 1. The number of aromatic hydroxyl groups is 1. The summed E-state index contributed by atoms with van der Waals surface area (Å²) in [5, 5.41) is 26.2. The molecule has 7 heteroatoms. The van der Waals surface area contributed by atoms with E-state index in [1.54, 1.807) is 18.5 Å². The van der Waals surface area contributed by atoms with Crippen molar-refractivity contribution in [3.63, 3.8) is 0 Å². The first-order valence-corrected chi connectivity index (χ1v) is 11.4. The van der Waals surface area contributed by atoms with Crippen molar-refractivity contribution < 1.29 is 9.50 Å². The van der Waals surface area contributed by atoms with E-state index in [0.29, 0.717) is 34.4 Å². The Kier molecular flexibility index (Phi) is 5.14. The van der Waals surface area contributed by atoms with E-state index in [1.165, 1.54) is 19.3 Å². The lowest BCUT2D eigenvalue weighted by Crippen LogP contribution is -2.45. The molecule has 2 saturated carbocycles. The Bertz CT molecular complexity index is 1070. The molecule has 5 rings (SSSR count). The lowest BCUT2D eigenvalue weighted by Gasteiger charge is -2.45. The van der Waals surface area contributed by atoms with E-state index in [4.69, 9.17) is 0 Å². The third-order valence-corrected chi connectivity index (χ3v) is 7.46. The van der Waals surface area contributed by atoms with Gasteiger partial charge in [-0.3, -0.25) is 5.10 Å². The van der Waals surface area contributed by atoms with Gasteiger partial charge in [0.1, 0.15) is 12.4 Å². The molecule has 2 aliphatic carbocycles. The zero-order valence-electron chi connectivity index (χ0n) is 18.7. The lowest BCUT2D eigenvalue weighted by molar-refractivity contribution is 0.144. The maximum Gasteiger partial charge on any atom is 0.151 e. The Morgan fingerprint density at radius 3 is 2.47 bits per heavy atom. The van der Waals surface area contributed by atoms with Crippen LogP contribution in [0.4, 0.5) is 10.2 Å². The summed E-state index contributed by atoms with van der Waals surface area (Å²) in [5.41, 5.74) is 3.65.